The van der Waals surface area contributed by atoms with Crippen LogP contribution in [0.2, 0.25) is 0 Å². The fourth-order valence-electron chi connectivity index (χ4n) is 3.39. The Morgan fingerprint density at radius 2 is 2.00 bits per heavy atom. The van der Waals surface area contributed by atoms with Gasteiger partial charge in [-0.05, 0) is 23.3 Å². The number of rotatable bonds is 6. The first-order valence-corrected chi connectivity index (χ1v) is 10.6. The number of aryl methyl sites for hydroxylation is 1. The Labute approximate surface area is 174 Å². The average Bonchev–Trinajstić information content (AvgIpc) is 3.17. The Morgan fingerprint density at radius 1 is 1.17 bits per heavy atom. The standard InChI is InChI=1S/C22H25N3O3S/c1-25-10-9-24-22(25)29-14-19-12-20(16-7-5-15(13-26)6-8-16)28-21(27-19)17-3-2-4-18(23)11-17/h2-11,19-21,26H,12-14,23H2,1H3. The van der Waals surface area contributed by atoms with E-state index in [0.717, 1.165) is 34.0 Å². The van der Waals surface area contributed by atoms with Crippen molar-refractivity contribution in [3.05, 3.63) is 77.6 Å². The molecule has 1 aliphatic heterocycles. The summed E-state index contributed by atoms with van der Waals surface area (Å²) < 4.78 is 14.6. The minimum Gasteiger partial charge on any atom is -0.399 e. The van der Waals surface area contributed by atoms with Gasteiger partial charge in [-0.2, -0.15) is 0 Å². The number of imidazole rings is 1. The van der Waals surface area contributed by atoms with E-state index in [1.807, 2.05) is 66.3 Å². The van der Waals surface area contributed by atoms with Crippen LogP contribution in [-0.4, -0.2) is 26.5 Å². The zero-order valence-corrected chi connectivity index (χ0v) is 17.1. The van der Waals surface area contributed by atoms with E-state index in [4.69, 9.17) is 15.2 Å². The molecule has 3 N–H and O–H groups in total. The van der Waals surface area contributed by atoms with Crippen molar-refractivity contribution in [3.8, 4) is 0 Å². The van der Waals surface area contributed by atoms with Gasteiger partial charge in [0.25, 0.3) is 0 Å². The van der Waals surface area contributed by atoms with Crippen LogP contribution >= 0.6 is 11.8 Å². The molecule has 7 heteroatoms. The molecule has 3 unspecified atom stereocenters. The number of nitrogen functional groups attached to an aromatic ring is 1. The number of benzene rings is 2. The molecule has 0 bridgehead atoms. The molecule has 3 aromatic rings. The number of anilines is 1. The molecule has 0 aliphatic carbocycles. The lowest BCUT2D eigenvalue weighted by molar-refractivity contribution is -0.245. The van der Waals surface area contributed by atoms with Gasteiger partial charge in [-0.25, -0.2) is 4.98 Å². The normalized spacial score (nSPS) is 21.9. The van der Waals surface area contributed by atoms with E-state index in [1.54, 1.807) is 18.0 Å². The highest BCUT2D eigenvalue weighted by molar-refractivity contribution is 7.99. The van der Waals surface area contributed by atoms with Crippen molar-refractivity contribution in [2.24, 2.45) is 7.05 Å². The zero-order chi connectivity index (χ0) is 20.2. The summed E-state index contributed by atoms with van der Waals surface area (Å²) in [6, 6.07) is 15.5. The quantitative estimate of drug-likeness (QED) is 0.474. The average molecular weight is 412 g/mol. The maximum Gasteiger partial charge on any atom is 0.184 e. The van der Waals surface area contributed by atoms with Crippen LogP contribution in [0.15, 0.2) is 66.1 Å². The van der Waals surface area contributed by atoms with Crippen molar-refractivity contribution in [1.29, 1.82) is 0 Å². The molecule has 2 aromatic carbocycles. The van der Waals surface area contributed by atoms with Gasteiger partial charge < -0.3 is 24.9 Å². The fourth-order valence-corrected chi connectivity index (χ4v) is 4.34. The number of ether oxygens (including phenoxy) is 2. The maximum absolute atomic E-state index is 9.31. The summed E-state index contributed by atoms with van der Waals surface area (Å²) in [4.78, 5) is 4.38. The molecule has 1 fully saturated rings. The molecule has 0 amide bonds. The number of nitrogens with two attached hydrogens (primary N) is 1. The number of aliphatic hydroxyl groups excluding tert-OH is 1. The number of aromatic nitrogens is 2. The molecule has 29 heavy (non-hydrogen) atoms. The van der Waals surface area contributed by atoms with E-state index >= 15 is 0 Å². The molecule has 3 atom stereocenters. The third-order valence-corrected chi connectivity index (χ3v) is 6.16. The molecular formula is C22H25N3O3S. The lowest BCUT2D eigenvalue weighted by Gasteiger charge is -2.36. The summed E-state index contributed by atoms with van der Waals surface area (Å²) in [5.74, 6) is 0.776. The topological polar surface area (TPSA) is 82.5 Å². The van der Waals surface area contributed by atoms with Crippen LogP contribution < -0.4 is 5.73 Å². The highest BCUT2D eigenvalue weighted by atomic mass is 32.2. The third kappa shape index (κ3) is 4.82. The van der Waals surface area contributed by atoms with Gasteiger partial charge in [-0.3, -0.25) is 0 Å². The third-order valence-electron chi connectivity index (χ3n) is 4.97. The summed E-state index contributed by atoms with van der Waals surface area (Å²) in [6.45, 7) is 0.0315. The molecule has 0 radical (unpaired) electrons. The first kappa shape index (κ1) is 20.0. The van der Waals surface area contributed by atoms with E-state index in [2.05, 4.69) is 4.98 Å². The minimum absolute atomic E-state index is 0.000557. The van der Waals surface area contributed by atoms with E-state index < -0.39 is 6.29 Å². The van der Waals surface area contributed by atoms with Gasteiger partial charge in [-0.15, -0.1) is 0 Å². The molecule has 1 aliphatic rings. The van der Waals surface area contributed by atoms with E-state index in [0.29, 0.717) is 5.69 Å². The lowest BCUT2D eigenvalue weighted by Crippen LogP contribution is -2.31. The first-order valence-electron chi connectivity index (χ1n) is 9.58. The Balaban J connectivity index is 1.54. The second-order valence-electron chi connectivity index (χ2n) is 7.15. The van der Waals surface area contributed by atoms with Gasteiger partial charge in [0.2, 0.25) is 0 Å². The molecule has 152 valence electrons. The zero-order valence-electron chi connectivity index (χ0n) is 16.3. The molecule has 0 saturated carbocycles. The van der Waals surface area contributed by atoms with E-state index in [1.165, 1.54) is 0 Å². The van der Waals surface area contributed by atoms with Crippen molar-refractivity contribution < 1.29 is 14.6 Å². The second kappa shape index (κ2) is 9.00. The largest absolute Gasteiger partial charge is 0.399 e. The van der Waals surface area contributed by atoms with Gasteiger partial charge >= 0.3 is 0 Å². The summed E-state index contributed by atoms with van der Waals surface area (Å²) in [5, 5.41) is 10.3. The SMILES string of the molecule is Cn1ccnc1SCC1CC(c2ccc(CO)cc2)OC(c2cccc(N)c2)O1. The number of hydrogen-bond acceptors (Lipinski definition) is 6. The molecule has 2 heterocycles. The lowest BCUT2D eigenvalue weighted by atomic mass is 10.0. The molecule has 1 saturated heterocycles. The second-order valence-corrected chi connectivity index (χ2v) is 8.14. The van der Waals surface area contributed by atoms with Crippen LogP contribution in [0.1, 0.15) is 35.5 Å². The summed E-state index contributed by atoms with van der Waals surface area (Å²) >= 11 is 1.68. The summed E-state index contributed by atoms with van der Waals surface area (Å²) in [5.41, 5.74) is 9.52. The fraction of sp³-hybridized carbons (Fsp3) is 0.318. The molecule has 1 aromatic heterocycles. The van der Waals surface area contributed by atoms with Crippen LogP contribution in [0.25, 0.3) is 0 Å². The Hall–Kier alpha value is -2.32. The first-order chi connectivity index (χ1) is 14.1. The predicted octanol–water partition coefficient (Wildman–Crippen LogP) is 3.83. The van der Waals surface area contributed by atoms with Crippen LogP contribution in [0.3, 0.4) is 0 Å². The maximum atomic E-state index is 9.31. The van der Waals surface area contributed by atoms with Gasteiger partial charge in [0.15, 0.2) is 11.4 Å². The van der Waals surface area contributed by atoms with Crippen LogP contribution in [-0.2, 0) is 23.1 Å². The van der Waals surface area contributed by atoms with E-state index in [9.17, 15) is 5.11 Å². The van der Waals surface area contributed by atoms with Gasteiger partial charge in [-0.1, -0.05) is 48.2 Å². The Bertz CT molecular complexity index is 944. The predicted molar refractivity (Wildman–Crippen MR) is 113 cm³/mol. The number of thioether (sulfide) groups is 1. The van der Waals surface area contributed by atoms with Crippen LogP contribution in [0, 0.1) is 0 Å². The van der Waals surface area contributed by atoms with Crippen LogP contribution in [0.5, 0.6) is 0 Å². The van der Waals surface area contributed by atoms with Crippen molar-refractivity contribution >= 4 is 17.4 Å². The number of aliphatic hydroxyl groups is 1. The van der Waals surface area contributed by atoms with Crippen molar-refractivity contribution in [2.75, 3.05) is 11.5 Å². The van der Waals surface area contributed by atoms with Gasteiger partial charge in [0.1, 0.15) is 0 Å². The molecule has 4 rings (SSSR count). The highest BCUT2D eigenvalue weighted by Gasteiger charge is 2.32. The summed E-state index contributed by atoms with van der Waals surface area (Å²) in [6.07, 6.45) is 3.90. The minimum atomic E-state index is -0.485. The monoisotopic (exact) mass is 411 g/mol. The van der Waals surface area contributed by atoms with E-state index in [-0.39, 0.29) is 18.8 Å². The number of hydrogen-bond donors (Lipinski definition) is 2. The van der Waals surface area contributed by atoms with Crippen molar-refractivity contribution in [3.63, 3.8) is 0 Å². The Morgan fingerprint density at radius 3 is 2.69 bits per heavy atom. The van der Waals surface area contributed by atoms with Gasteiger partial charge in [0.05, 0.1) is 18.8 Å². The number of nitrogens with zero attached hydrogens (tertiary/aromatic N) is 2. The molecule has 0 spiro atoms. The Kier molecular flexibility index (Phi) is 6.20. The molecule has 6 nitrogen and oxygen atoms in total. The smallest absolute Gasteiger partial charge is 0.184 e. The highest BCUT2D eigenvalue weighted by Crippen LogP contribution is 2.39. The van der Waals surface area contributed by atoms with Crippen LogP contribution in [0.4, 0.5) is 5.69 Å². The van der Waals surface area contributed by atoms with Gasteiger partial charge in [0, 0.05) is 42.9 Å². The van der Waals surface area contributed by atoms with Crippen molar-refractivity contribution in [2.45, 2.75) is 36.7 Å². The molecular weight excluding hydrogens is 386 g/mol. The van der Waals surface area contributed by atoms with Crippen molar-refractivity contribution in [1.82, 2.24) is 9.55 Å². The summed E-state index contributed by atoms with van der Waals surface area (Å²) in [7, 11) is 1.99.